The Labute approximate surface area is 76.3 Å². The number of nitrogens with one attached hydrogen (secondary N) is 1. The molecule has 2 aliphatic rings. The second-order valence-electron chi connectivity index (χ2n) is 3.78. The van der Waals surface area contributed by atoms with Crippen LogP contribution in [0, 0.1) is 0 Å². The normalized spacial score (nSPS) is 38.8. The van der Waals surface area contributed by atoms with Crippen molar-refractivity contribution in [3.05, 3.63) is 0 Å². The molecule has 3 N–H and O–H groups in total. The van der Waals surface area contributed by atoms with Gasteiger partial charge in [-0.2, -0.15) is 0 Å². The van der Waals surface area contributed by atoms with E-state index >= 15 is 0 Å². The molecule has 0 aromatic rings. The monoisotopic (exact) mass is 183 g/mol. The first-order chi connectivity index (χ1) is 6.08. The average Bonchev–Trinajstić information content (AvgIpc) is 2.42. The number of carbonyl (C=O) groups is 2. The molecule has 0 aliphatic carbocycles. The molecule has 2 heterocycles. The predicted octanol–water partition coefficient (Wildman–Crippen LogP) is -1.57. The predicted molar refractivity (Wildman–Crippen MR) is 45.7 cm³/mol. The summed E-state index contributed by atoms with van der Waals surface area (Å²) in [5.41, 5.74) is 4.79. The summed E-state index contributed by atoms with van der Waals surface area (Å²) in [6, 6.07) is -0.272. The lowest BCUT2D eigenvalue weighted by Crippen LogP contribution is -2.71. The lowest BCUT2D eigenvalue weighted by atomic mass is 9.89. The molecule has 5 heteroatoms. The van der Waals surface area contributed by atoms with Gasteiger partial charge in [0.25, 0.3) is 0 Å². The van der Waals surface area contributed by atoms with Crippen LogP contribution in [-0.2, 0) is 9.59 Å². The molecule has 2 unspecified atom stereocenters. The highest BCUT2D eigenvalue weighted by Gasteiger charge is 2.56. The van der Waals surface area contributed by atoms with Crippen LogP contribution in [0.3, 0.4) is 0 Å². The van der Waals surface area contributed by atoms with Gasteiger partial charge in [-0.25, -0.2) is 0 Å². The molecule has 72 valence electrons. The Morgan fingerprint density at radius 3 is 2.69 bits per heavy atom. The number of hydrogen-bond acceptors (Lipinski definition) is 3. The summed E-state index contributed by atoms with van der Waals surface area (Å²) in [7, 11) is 1.79. The van der Waals surface area contributed by atoms with Crippen molar-refractivity contribution < 1.29 is 9.59 Å². The van der Waals surface area contributed by atoms with Gasteiger partial charge >= 0.3 is 0 Å². The molecule has 5 nitrogen and oxygen atoms in total. The summed E-state index contributed by atoms with van der Waals surface area (Å²) in [5, 5.41) is 2.70. The van der Waals surface area contributed by atoms with Crippen molar-refractivity contribution in [3.63, 3.8) is 0 Å². The van der Waals surface area contributed by atoms with Gasteiger partial charge in [0.05, 0.1) is 6.04 Å². The Hall–Kier alpha value is -1.10. The molecule has 0 aromatic carbocycles. The van der Waals surface area contributed by atoms with Crippen molar-refractivity contribution in [3.8, 4) is 0 Å². The van der Waals surface area contributed by atoms with Crippen molar-refractivity contribution in [1.82, 2.24) is 10.2 Å². The van der Waals surface area contributed by atoms with Gasteiger partial charge in [-0.1, -0.05) is 0 Å². The number of likely N-dealkylation sites (tertiary alicyclic amines) is 1. The van der Waals surface area contributed by atoms with E-state index in [1.165, 1.54) is 0 Å². The molecular weight excluding hydrogens is 170 g/mol. The lowest BCUT2D eigenvalue weighted by molar-refractivity contribution is -0.142. The van der Waals surface area contributed by atoms with Gasteiger partial charge in [0.2, 0.25) is 11.8 Å². The number of primary amides is 1. The number of hydrogen-bond donors (Lipinski definition) is 2. The summed E-state index contributed by atoms with van der Waals surface area (Å²) in [5.74, 6) is -0.308. The molecule has 0 bridgehead atoms. The first-order valence-corrected chi connectivity index (χ1v) is 4.38. The SMILES string of the molecule is CN1C(C(N)=O)CCC12CNC2=O. The maximum Gasteiger partial charge on any atom is 0.242 e. The van der Waals surface area contributed by atoms with Crippen LogP contribution >= 0.6 is 0 Å². The Morgan fingerprint density at radius 1 is 1.77 bits per heavy atom. The highest BCUT2D eigenvalue weighted by molar-refractivity contribution is 5.94. The molecule has 0 radical (unpaired) electrons. The summed E-state index contributed by atoms with van der Waals surface area (Å²) < 4.78 is 0. The summed E-state index contributed by atoms with van der Waals surface area (Å²) >= 11 is 0. The smallest absolute Gasteiger partial charge is 0.242 e. The second kappa shape index (κ2) is 2.45. The van der Waals surface area contributed by atoms with Crippen molar-refractivity contribution in [2.75, 3.05) is 13.6 Å². The van der Waals surface area contributed by atoms with Crippen LogP contribution in [0.5, 0.6) is 0 Å². The van der Waals surface area contributed by atoms with E-state index in [9.17, 15) is 9.59 Å². The van der Waals surface area contributed by atoms with Crippen molar-refractivity contribution in [2.24, 2.45) is 5.73 Å². The van der Waals surface area contributed by atoms with Gasteiger partial charge in [-0.05, 0) is 19.9 Å². The third kappa shape index (κ3) is 0.904. The minimum absolute atomic E-state index is 0.0266. The molecule has 2 saturated heterocycles. The largest absolute Gasteiger partial charge is 0.368 e. The Morgan fingerprint density at radius 2 is 2.46 bits per heavy atom. The van der Waals surface area contributed by atoms with Gasteiger partial charge < -0.3 is 11.1 Å². The van der Waals surface area contributed by atoms with Crippen molar-refractivity contribution in [2.45, 2.75) is 24.4 Å². The number of likely N-dealkylation sites (N-methyl/N-ethyl adjacent to an activating group) is 1. The number of carbonyl (C=O) groups excluding carboxylic acids is 2. The topological polar surface area (TPSA) is 75.4 Å². The summed E-state index contributed by atoms with van der Waals surface area (Å²) in [6.45, 7) is 0.645. The van der Waals surface area contributed by atoms with Gasteiger partial charge in [0.15, 0.2) is 0 Å². The third-order valence-electron chi connectivity index (χ3n) is 3.27. The summed E-state index contributed by atoms with van der Waals surface area (Å²) in [6.07, 6.45) is 1.43. The fraction of sp³-hybridized carbons (Fsp3) is 0.750. The zero-order chi connectivity index (χ0) is 9.64. The number of amides is 2. The number of nitrogens with zero attached hydrogens (tertiary/aromatic N) is 1. The lowest BCUT2D eigenvalue weighted by Gasteiger charge is -2.43. The number of nitrogens with two attached hydrogens (primary N) is 1. The van der Waals surface area contributed by atoms with E-state index in [0.717, 1.165) is 6.42 Å². The van der Waals surface area contributed by atoms with Gasteiger partial charge in [-0.3, -0.25) is 14.5 Å². The average molecular weight is 183 g/mol. The summed E-state index contributed by atoms with van der Waals surface area (Å²) in [4.78, 5) is 24.1. The minimum Gasteiger partial charge on any atom is -0.368 e. The standard InChI is InChI=1S/C8H13N3O2/c1-11-5(6(9)12)2-3-8(11)4-10-7(8)13/h5H,2-4H2,1H3,(H2,9,12)(H,10,13). The highest BCUT2D eigenvalue weighted by Crippen LogP contribution is 2.36. The Kier molecular flexibility index (Phi) is 1.60. The quantitative estimate of drug-likeness (QED) is 0.482. The zero-order valence-corrected chi connectivity index (χ0v) is 7.54. The fourth-order valence-electron chi connectivity index (χ4n) is 2.23. The first-order valence-electron chi connectivity index (χ1n) is 4.38. The Balaban J connectivity index is 2.19. The maximum absolute atomic E-state index is 11.3. The fourth-order valence-corrected chi connectivity index (χ4v) is 2.23. The van der Waals surface area contributed by atoms with Gasteiger partial charge in [-0.15, -0.1) is 0 Å². The number of rotatable bonds is 1. The second-order valence-corrected chi connectivity index (χ2v) is 3.78. The molecule has 13 heavy (non-hydrogen) atoms. The van der Waals surface area contributed by atoms with Crippen LogP contribution in [0.4, 0.5) is 0 Å². The van der Waals surface area contributed by atoms with E-state index in [1.54, 1.807) is 7.05 Å². The van der Waals surface area contributed by atoms with E-state index in [-0.39, 0.29) is 17.9 Å². The molecule has 0 aromatic heterocycles. The van der Waals surface area contributed by atoms with Crippen LogP contribution in [0.25, 0.3) is 0 Å². The van der Waals surface area contributed by atoms with Crippen LogP contribution in [0.1, 0.15) is 12.8 Å². The minimum atomic E-state index is -0.431. The van der Waals surface area contributed by atoms with Gasteiger partial charge in [0, 0.05) is 6.54 Å². The van der Waals surface area contributed by atoms with Crippen LogP contribution in [-0.4, -0.2) is 41.9 Å². The molecule has 2 amide bonds. The molecular formula is C8H13N3O2. The maximum atomic E-state index is 11.3. The van der Waals surface area contributed by atoms with E-state index in [2.05, 4.69) is 5.32 Å². The molecule has 0 saturated carbocycles. The Bertz CT molecular complexity index is 279. The molecule has 2 rings (SSSR count). The van der Waals surface area contributed by atoms with E-state index in [4.69, 9.17) is 5.73 Å². The van der Waals surface area contributed by atoms with Crippen LogP contribution in [0.15, 0.2) is 0 Å². The molecule has 2 fully saturated rings. The van der Waals surface area contributed by atoms with Crippen molar-refractivity contribution in [1.29, 1.82) is 0 Å². The molecule has 2 atom stereocenters. The molecule has 1 spiro atoms. The van der Waals surface area contributed by atoms with E-state index in [0.29, 0.717) is 13.0 Å². The number of β-lactam (4-membered cyclic amide) rings is 1. The van der Waals surface area contributed by atoms with Gasteiger partial charge in [0.1, 0.15) is 5.54 Å². The van der Waals surface area contributed by atoms with Crippen molar-refractivity contribution >= 4 is 11.8 Å². The third-order valence-corrected chi connectivity index (χ3v) is 3.27. The zero-order valence-electron chi connectivity index (χ0n) is 7.54. The van der Waals surface area contributed by atoms with Crippen LogP contribution in [0.2, 0.25) is 0 Å². The molecule has 2 aliphatic heterocycles. The highest BCUT2D eigenvalue weighted by atomic mass is 16.2. The van der Waals surface area contributed by atoms with E-state index in [1.807, 2.05) is 4.90 Å². The van der Waals surface area contributed by atoms with Crippen LogP contribution < -0.4 is 11.1 Å². The van der Waals surface area contributed by atoms with E-state index < -0.39 is 5.54 Å². The first kappa shape index (κ1) is 8.50.